The molecule has 0 bridgehead atoms. The molecule has 2 aromatic rings. The molecule has 4 rings (SSSR count). The monoisotopic (exact) mass is 1340 g/mol. The second-order valence-corrected chi connectivity index (χ2v) is 27.4. The third-order valence-corrected chi connectivity index (χ3v) is 18.7. The van der Waals surface area contributed by atoms with Crippen LogP contribution in [0.5, 0.6) is 0 Å². The molecule has 25 heteroatoms. The van der Waals surface area contributed by atoms with Crippen molar-refractivity contribution in [2.45, 2.75) is 220 Å². The van der Waals surface area contributed by atoms with E-state index in [0.717, 1.165) is 11.1 Å². The van der Waals surface area contributed by atoms with Gasteiger partial charge >= 0.3 is 12.0 Å². The fourth-order valence-corrected chi connectivity index (χ4v) is 13.1. The summed E-state index contributed by atoms with van der Waals surface area (Å²) in [6.45, 7) is 20.3. The molecule has 2 heterocycles. The first-order valence-corrected chi connectivity index (χ1v) is 34.5. The molecule has 2 aromatic carbocycles. The minimum absolute atomic E-state index is 0.0138. The van der Waals surface area contributed by atoms with Gasteiger partial charge in [0.2, 0.25) is 53.2 Å². The van der Waals surface area contributed by atoms with Crippen LogP contribution in [0.2, 0.25) is 0 Å². The summed E-state index contributed by atoms with van der Waals surface area (Å²) in [6.07, 6.45) is 4.29. The lowest BCUT2D eigenvalue weighted by atomic mass is 9.89. The van der Waals surface area contributed by atoms with Crippen molar-refractivity contribution in [3.05, 3.63) is 65.7 Å². The molecule has 536 valence electrons. The molecule has 0 aromatic heterocycles. The van der Waals surface area contributed by atoms with Gasteiger partial charge in [-0.25, -0.2) is 9.59 Å². The van der Waals surface area contributed by atoms with Gasteiger partial charge in [-0.2, -0.15) is 0 Å². The number of hydrogen-bond donors (Lipinski definition) is 8. The topological polar surface area (TPSA) is 338 Å². The van der Waals surface area contributed by atoms with Crippen LogP contribution >= 0.6 is 0 Å². The van der Waals surface area contributed by atoms with Crippen LogP contribution in [0, 0.1) is 35.5 Å². The van der Waals surface area contributed by atoms with Gasteiger partial charge in [0.1, 0.15) is 24.2 Å². The zero-order valence-electron chi connectivity index (χ0n) is 59.4. The average molecular weight is 1340 g/mol. The summed E-state index contributed by atoms with van der Waals surface area (Å²) in [5.41, 5.74) is 7.39. The van der Waals surface area contributed by atoms with Gasteiger partial charge in [-0.05, 0) is 112 Å². The fraction of sp³-hybridized carbons (Fsp3) is 0.676. The van der Waals surface area contributed by atoms with Crippen LogP contribution in [0.3, 0.4) is 0 Å². The molecule has 12 atom stereocenters. The van der Waals surface area contributed by atoms with E-state index in [2.05, 4.69) is 31.9 Å². The molecule has 0 aliphatic carbocycles. The third kappa shape index (κ3) is 24.9. The highest BCUT2D eigenvalue weighted by molar-refractivity contribution is 6.03. The van der Waals surface area contributed by atoms with E-state index >= 15 is 0 Å². The molecule has 2 aliphatic heterocycles. The molecule has 1 unspecified atom stereocenters. The predicted molar refractivity (Wildman–Crippen MR) is 366 cm³/mol. The van der Waals surface area contributed by atoms with Crippen molar-refractivity contribution >= 4 is 70.9 Å². The largest absolute Gasteiger partial charge is 0.480 e. The number of rotatable bonds is 42. The molecule has 0 radical (unpaired) electrons. The maximum atomic E-state index is 14.9. The number of carbonyl (C=O) groups excluding carboxylic acids is 10. The first-order chi connectivity index (χ1) is 45.4. The molecule has 0 saturated carbocycles. The van der Waals surface area contributed by atoms with E-state index in [-0.39, 0.29) is 104 Å². The van der Waals surface area contributed by atoms with Crippen molar-refractivity contribution in [1.82, 2.24) is 46.2 Å². The lowest BCUT2D eigenvalue weighted by molar-refractivity contribution is -0.148. The van der Waals surface area contributed by atoms with Crippen molar-refractivity contribution in [1.29, 1.82) is 0 Å². The number of urea groups is 1. The number of methoxy groups -OCH3 is 2. The number of primary amides is 1. The van der Waals surface area contributed by atoms with E-state index in [4.69, 9.17) is 15.2 Å². The van der Waals surface area contributed by atoms with Crippen LogP contribution < -0.4 is 37.6 Å². The predicted octanol–water partition coefficient (Wildman–Crippen LogP) is 5.81. The van der Waals surface area contributed by atoms with Crippen LogP contribution in [-0.4, -0.2) is 199 Å². The lowest BCUT2D eigenvalue weighted by Gasteiger charge is -2.41. The highest BCUT2D eigenvalue weighted by Gasteiger charge is 2.44. The molecular formula is C71H113N11O14. The Balaban J connectivity index is 1.39. The van der Waals surface area contributed by atoms with E-state index in [1.807, 2.05) is 85.5 Å². The number of benzene rings is 2. The average Bonchev–Trinajstić information content (AvgIpc) is 1.50. The molecule has 2 aliphatic rings. The number of nitrogens with one attached hydrogen (secondary N) is 6. The van der Waals surface area contributed by atoms with Gasteiger partial charge in [0.15, 0.2) is 0 Å². The number of unbranched alkanes of at least 4 members (excludes halogenated alkanes) is 3. The van der Waals surface area contributed by atoms with Gasteiger partial charge in [0, 0.05) is 78.3 Å². The fourth-order valence-electron chi connectivity index (χ4n) is 13.1. The number of aliphatic carboxylic acids is 1. The maximum Gasteiger partial charge on any atom is 0.326 e. The van der Waals surface area contributed by atoms with Crippen molar-refractivity contribution in [2.24, 2.45) is 41.2 Å². The zero-order valence-corrected chi connectivity index (χ0v) is 59.4. The number of hydrogen-bond acceptors (Lipinski definition) is 14. The Kier molecular flexibility index (Phi) is 33.9. The number of ether oxygens (including phenoxy) is 2. The summed E-state index contributed by atoms with van der Waals surface area (Å²) in [6, 6.07) is 9.81. The normalized spacial score (nSPS) is 18.0. The minimum atomic E-state index is -1.18. The van der Waals surface area contributed by atoms with Crippen LogP contribution in [0.4, 0.5) is 10.5 Å². The summed E-state index contributed by atoms with van der Waals surface area (Å²) >= 11 is 0. The van der Waals surface area contributed by atoms with E-state index < -0.39 is 90.1 Å². The highest BCUT2D eigenvalue weighted by atomic mass is 16.5. The van der Waals surface area contributed by atoms with Crippen LogP contribution in [0.1, 0.15) is 164 Å². The number of nitrogens with two attached hydrogens (primary N) is 1. The van der Waals surface area contributed by atoms with Gasteiger partial charge in [-0.3, -0.25) is 53.0 Å². The minimum Gasteiger partial charge on any atom is -0.480 e. The van der Waals surface area contributed by atoms with Gasteiger partial charge < -0.3 is 62.0 Å². The quantitative estimate of drug-likeness (QED) is 0.0287. The SMILES string of the molecule is CC[C@H](C)[C@@H]([C@@H](CC(=O)N1CCC[C@H]1[C@H](OC)[C@@H](C)C(=O)N[C@@H](Cc1ccccc1)C(=O)O)OC)N(C)C(=O)[C@@H](NC(=O)[C@H](C(C)C)N(C)CCc1ccc(NC(=O)[C@H](CCCCNC(N)=O)NC(=O)[C@H](CC(C)C)NC(=O)CCCCCN2C(=O)CC(C)C2=O)cc1)C(C)C. The van der Waals surface area contributed by atoms with Gasteiger partial charge in [-0.15, -0.1) is 0 Å². The first kappa shape index (κ1) is 80.9. The Bertz CT molecular complexity index is 2880. The van der Waals surface area contributed by atoms with E-state index in [1.165, 1.54) is 19.1 Å². The maximum absolute atomic E-state index is 14.9. The number of imide groups is 1. The number of carboxylic acid groups (broad SMARTS) is 1. The number of carboxylic acids is 1. The molecular weight excluding hydrogens is 1230 g/mol. The molecule has 2 saturated heterocycles. The van der Waals surface area contributed by atoms with Crippen molar-refractivity contribution in [2.75, 3.05) is 59.8 Å². The summed E-state index contributed by atoms with van der Waals surface area (Å²) in [4.78, 5) is 153. The van der Waals surface area contributed by atoms with E-state index in [9.17, 15) is 57.8 Å². The summed E-state index contributed by atoms with van der Waals surface area (Å²) < 4.78 is 12.1. The first-order valence-electron chi connectivity index (χ1n) is 34.5. The second-order valence-electron chi connectivity index (χ2n) is 27.4. The van der Waals surface area contributed by atoms with Crippen molar-refractivity contribution in [3.8, 4) is 0 Å². The molecule has 96 heavy (non-hydrogen) atoms. The Morgan fingerprint density at radius 1 is 0.740 bits per heavy atom. The Morgan fingerprint density at radius 2 is 1.41 bits per heavy atom. The number of likely N-dealkylation sites (N-methyl/N-ethyl adjacent to an activating group) is 2. The van der Waals surface area contributed by atoms with Crippen LogP contribution in [0.15, 0.2) is 54.6 Å². The number of anilines is 1. The molecule has 11 amide bonds. The third-order valence-electron chi connectivity index (χ3n) is 18.7. The van der Waals surface area contributed by atoms with E-state index in [0.29, 0.717) is 89.5 Å². The van der Waals surface area contributed by atoms with Gasteiger partial charge in [0.05, 0.1) is 42.7 Å². The molecule has 25 nitrogen and oxygen atoms in total. The lowest BCUT2D eigenvalue weighted by Crippen LogP contribution is -2.60. The standard InChI is InChI=1S/C71H113N11O14/c1-15-46(8)62(56(95-13)42-59(85)81-37-24-28-55(81)63(96-14)48(10)64(86)77-54(70(92)93)41-50-25-18-16-19-26-50)80(12)69(91)60(44(4)5)78-67(89)61(45(6)7)79(11)38-34-49-30-32-51(33-31-49)74-65(87)52(27-21-22-35-73-71(72)94)76-66(88)53(39-43(2)3)75-57(83)29-20-17-23-36-82-58(84)40-47(9)68(82)90/h16,18-19,25-26,30-33,43-48,52-56,60-63H,15,17,20-24,27-29,34-42H2,1-14H3,(H,74,87)(H,75,83)(H,76,88)(H,77,86)(H,78,89)(H,92,93)(H3,72,73,94)/t46-,47?,48+,52-,53-,54-,55-,56+,60-,61-,62-,63+/m0/s1. The van der Waals surface area contributed by atoms with Crippen molar-refractivity contribution in [3.63, 3.8) is 0 Å². The number of nitrogens with zero attached hydrogens (tertiary/aromatic N) is 4. The Morgan fingerprint density at radius 3 is 1.98 bits per heavy atom. The Labute approximate surface area is 568 Å². The second kappa shape index (κ2) is 40.3. The zero-order chi connectivity index (χ0) is 71.5. The summed E-state index contributed by atoms with van der Waals surface area (Å²) in [7, 11) is 6.53. The number of carbonyl (C=O) groups is 11. The Hall–Kier alpha value is -7.51. The molecule has 2 fully saturated rings. The van der Waals surface area contributed by atoms with Crippen molar-refractivity contribution < 1.29 is 67.3 Å². The summed E-state index contributed by atoms with van der Waals surface area (Å²) in [5.74, 6) is -6.05. The van der Waals surface area contributed by atoms with Gasteiger partial charge in [0.25, 0.3) is 0 Å². The highest BCUT2D eigenvalue weighted by Crippen LogP contribution is 2.31. The van der Waals surface area contributed by atoms with Gasteiger partial charge in [-0.1, -0.05) is 125 Å². The van der Waals surface area contributed by atoms with E-state index in [1.54, 1.807) is 67.1 Å². The molecule has 0 spiro atoms. The summed E-state index contributed by atoms with van der Waals surface area (Å²) in [5, 5.41) is 27.0. The van der Waals surface area contributed by atoms with Crippen LogP contribution in [-0.2, 0) is 70.3 Å². The van der Waals surface area contributed by atoms with Crippen LogP contribution in [0.25, 0.3) is 0 Å². The smallest absolute Gasteiger partial charge is 0.326 e. The molecule has 9 N–H and O–H groups in total. The number of likely N-dealkylation sites (tertiary alicyclic amines) is 2. The number of amides is 11.